The van der Waals surface area contributed by atoms with Crippen LogP contribution in [0.5, 0.6) is 0 Å². The highest BCUT2D eigenvalue weighted by molar-refractivity contribution is 5.73. The molecule has 2 N–H and O–H groups in total. The molecule has 1 rings (SSSR count). The van der Waals surface area contributed by atoms with E-state index in [1.807, 2.05) is 0 Å². The van der Waals surface area contributed by atoms with Crippen molar-refractivity contribution in [2.24, 2.45) is 0 Å². The number of aliphatic carboxylic acids is 1. The number of aliphatic hydroxyl groups is 1. The van der Waals surface area contributed by atoms with Crippen LogP contribution in [0, 0.1) is 0 Å². The quantitative estimate of drug-likeness (QED) is 0.769. The van der Waals surface area contributed by atoms with Crippen molar-refractivity contribution in [1.29, 1.82) is 0 Å². The first kappa shape index (κ1) is 13.2. The van der Waals surface area contributed by atoms with Gasteiger partial charge in [0.15, 0.2) is 5.60 Å². The van der Waals surface area contributed by atoms with Gasteiger partial charge in [-0.2, -0.15) is 13.2 Å². The Bertz CT molecular complexity index is 282. The minimum absolute atomic E-state index is 0.0547. The van der Waals surface area contributed by atoms with Gasteiger partial charge in [0.25, 0.3) is 0 Å². The number of rotatable bonds is 3. The summed E-state index contributed by atoms with van der Waals surface area (Å²) < 4.78 is 37.4. The number of alkyl halides is 3. The molecule has 0 aliphatic carbocycles. The van der Waals surface area contributed by atoms with Crippen molar-refractivity contribution >= 4 is 5.97 Å². The summed E-state index contributed by atoms with van der Waals surface area (Å²) in [5.41, 5.74) is -2.77. The largest absolute Gasteiger partial charge is 0.480 e. The van der Waals surface area contributed by atoms with E-state index in [1.165, 1.54) is 0 Å². The normalized spacial score (nSPS) is 29.3. The van der Waals surface area contributed by atoms with E-state index in [1.54, 1.807) is 6.92 Å². The maximum atomic E-state index is 12.5. The number of hydrogen-bond acceptors (Lipinski definition) is 3. The molecular formula is C9H14F3NO3. The molecule has 0 aromatic rings. The maximum Gasteiger partial charge on any atom is 0.418 e. The van der Waals surface area contributed by atoms with Gasteiger partial charge in [-0.25, -0.2) is 0 Å². The monoisotopic (exact) mass is 241 g/mol. The Morgan fingerprint density at radius 2 is 2.12 bits per heavy atom. The molecule has 1 aliphatic heterocycles. The number of hydrogen-bond donors (Lipinski definition) is 2. The molecule has 0 spiro atoms. The lowest BCUT2D eigenvalue weighted by Crippen LogP contribution is -2.49. The van der Waals surface area contributed by atoms with E-state index < -0.39 is 36.8 Å². The number of halogens is 3. The smallest absolute Gasteiger partial charge is 0.418 e. The molecule has 94 valence electrons. The SMILES string of the molecule is CC[C@H](C(=O)O)N1CC[C@@](O)(C(F)(F)F)C1. The Kier molecular flexibility index (Phi) is 3.49. The van der Waals surface area contributed by atoms with Crippen LogP contribution in [0.3, 0.4) is 0 Å². The molecular weight excluding hydrogens is 227 g/mol. The molecule has 1 fully saturated rings. The molecule has 16 heavy (non-hydrogen) atoms. The second-order valence-corrected chi connectivity index (χ2v) is 4.01. The van der Waals surface area contributed by atoms with Gasteiger partial charge in [0, 0.05) is 13.1 Å². The predicted octanol–water partition coefficient (Wildman–Crippen LogP) is 0.849. The molecule has 0 bridgehead atoms. The summed E-state index contributed by atoms with van der Waals surface area (Å²) in [5, 5.41) is 18.2. The number of carbonyl (C=O) groups is 1. The molecule has 1 heterocycles. The molecule has 1 aliphatic rings. The zero-order chi connectivity index (χ0) is 12.6. The molecule has 4 nitrogen and oxygen atoms in total. The maximum absolute atomic E-state index is 12.5. The second-order valence-electron chi connectivity index (χ2n) is 4.01. The average molecular weight is 241 g/mol. The van der Waals surface area contributed by atoms with E-state index in [9.17, 15) is 23.1 Å². The van der Waals surface area contributed by atoms with Crippen LogP contribution >= 0.6 is 0 Å². The standard InChI is InChI=1S/C9H14F3NO3/c1-2-6(7(14)15)13-4-3-8(16,5-13)9(10,11)12/h6,16H,2-5H2,1H3,(H,14,15)/t6-,8+/m1/s1. The van der Waals surface area contributed by atoms with Crippen LogP contribution < -0.4 is 0 Å². The molecule has 0 aromatic heterocycles. The first-order valence-electron chi connectivity index (χ1n) is 4.97. The van der Waals surface area contributed by atoms with E-state index >= 15 is 0 Å². The topological polar surface area (TPSA) is 60.8 Å². The summed E-state index contributed by atoms with van der Waals surface area (Å²) in [4.78, 5) is 11.9. The van der Waals surface area contributed by atoms with E-state index in [2.05, 4.69) is 0 Å². The third kappa shape index (κ3) is 2.30. The fourth-order valence-electron chi connectivity index (χ4n) is 1.91. The fourth-order valence-corrected chi connectivity index (χ4v) is 1.91. The zero-order valence-electron chi connectivity index (χ0n) is 8.79. The van der Waals surface area contributed by atoms with Crippen LogP contribution in [-0.2, 0) is 4.79 Å². The highest BCUT2D eigenvalue weighted by Gasteiger charge is 2.58. The van der Waals surface area contributed by atoms with Gasteiger partial charge in [-0.1, -0.05) is 6.92 Å². The third-order valence-electron chi connectivity index (χ3n) is 2.92. The van der Waals surface area contributed by atoms with E-state index in [0.29, 0.717) is 0 Å². The van der Waals surface area contributed by atoms with Crippen LogP contribution in [0.25, 0.3) is 0 Å². The van der Waals surface area contributed by atoms with Crippen molar-refractivity contribution in [1.82, 2.24) is 4.90 Å². The van der Waals surface area contributed by atoms with Crippen molar-refractivity contribution in [2.75, 3.05) is 13.1 Å². The number of β-amino-alcohol motifs (C(OH)–C–C–N with tert-alkyl or cyclic N) is 1. The Hall–Kier alpha value is -0.820. The van der Waals surface area contributed by atoms with Gasteiger partial charge < -0.3 is 10.2 Å². The number of likely N-dealkylation sites (tertiary alicyclic amines) is 1. The van der Waals surface area contributed by atoms with Gasteiger partial charge in [-0.3, -0.25) is 9.69 Å². The number of carboxylic acid groups (broad SMARTS) is 1. The molecule has 1 saturated heterocycles. The van der Waals surface area contributed by atoms with Crippen LogP contribution in [0.15, 0.2) is 0 Å². The van der Waals surface area contributed by atoms with Crippen molar-refractivity contribution in [2.45, 2.75) is 37.6 Å². The summed E-state index contributed by atoms with van der Waals surface area (Å²) in [7, 11) is 0. The van der Waals surface area contributed by atoms with Crippen molar-refractivity contribution in [3.8, 4) is 0 Å². The van der Waals surface area contributed by atoms with Gasteiger partial charge >= 0.3 is 12.1 Å². The highest BCUT2D eigenvalue weighted by Crippen LogP contribution is 2.38. The molecule has 7 heteroatoms. The van der Waals surface area contributed by atoms with Crippen molar-refractivity contribution < 1.29 is 28.2 Å². The molecule has 0 amide bonds. The molecule has 0 unspecified atom stereocenters. The number of nitrogens with zero attached hydrogens (tertiary/aromatic N) is 1. The predicted molar refractivity (Wildman–Crippen MR) is 48.9 cm³/mol. The lowest BCUT2D eigenvalue weighted by atomic mass is 10.0. The lowest BCUT2D eigenvalue weighted by Gasteiger charge is -2.28. The van der Waals surface area contributed by atoms with Crippen LogP contribution in [-0.4, -0.2) is 52.0 Å². The van der Waals surface area contributed by atoms with E-state index in [-0.39, 0.29) is 13.0 Å². The van der Waals surface area contributed by atoms with Crippen molar-refractivity contribution in [3.05, 3.63) is 0 Å². The van der Waals surface area contributed by atoms with Crippen molar-refractivity contribution in [3.63, 3.8) is 0 Å². The minimum Gasteiger partial charge on any atom is -0.480 e. The highest BCUT2D eigenvalue weighted by atomic mass is 19.4. The van der Waals surface area contributed by atoms with Gasteiger partial charge in [0.1, 0.15) is 6.04 Å². The Balaban J connectivity index is 2.75. The van der Waals surface area contributed by atoms with Gasteiger partial charge in [-0.15, -0.1) is 0 Å². The summed E-state index contributed by atoms with van der Waals surface area (Å²) in [6.45, 7) is 0.867. The van der Waals surface area contributed by atoms with Crippen LogP contribution in [0.4, 0.5) is 13.2 Å². The zero-order valence-corrected chi connectivity index (χ0v) is 8.79. The number of carboxylic acids is 1. The Morgan fingerprint density at radius 1 is 1.56 bits per heavy atom. The summed E-state index contributed by atoms with van der Waals surface area (Å²) >= 11 is 0. The minimum atomic E-state index is -4.71. The first-order chi connectivity index (χ1) is 7.21. The fraction of sp³-hybridized carbons (Fsp3) is 0.889. The van der Waals surface area contributed by atoms with Gasteiger partial charge in [0.2, 0.25) is 0 Å². The summed E-state index contributed by atoms with van der Waals surface area (Å²) in [5.74, 6) is -1.16. The Labute approximate surface area is 90.7 Å². The van der Waals surface area contributed by atoms with E-state index in [4.69, 9.17) is 5.11 Å². The summed E-state index contributed by atoms with van der Waals surface area (Å²) in [6, 6.07) is -0.962. The van der Waals surface area contributed by atoms with Crippen LogP contribution in [0.2, 0.25) is 0 Å². The molecule has 0 saturated carbocycles. The molecule has 0 aromatic carbocycles. The third-order valence-corrected chi connectivity index (χ3v) is 2.92. The van der Waals surface area contributed by atoms with Crippen LogP contribution in [0.1, 0.15) is 19.8 Å². The molecule has 0 radical (unpaired) electrons. The average Bonchev–Trinajstić information content (AvgIpc) is 2.49. The first-order valence-corrected chi connectivity index (χ1v) is 4.97. The van der Waals surface area contributed by atoms with Gasteiger partial charge in [-0.05, 0) is 12.8 Å². The van der Waals surface area contributed by atoms with E-state index in [0.717, 1.165) is 4.90 Å². The second kappa shape index (κ2) is 4.21. The molecule has 2 atom stereocenters. The summed E-state index contributed by atoms with van der Waals surface area (Å²) in [6.07, 6.45) is -4.97. The van der Waals surface area contributed by atoms with Gasteiger partial charge in [0.05, 0.1) is 0 Å². The Morgan fingerprint density at radius 3 is 2.44 bits per heavy atom. The lowest BCUT2D eigenvalue weighted by molar-refractivity contribution is -0.254.